The van der Waals surface area contributed by atoms with Gasteiger partial charge >= 0.3 is 0 Å². The van der Waals surface area contributed by atoms with E-state index in [1.54, 1.807) is 6.92 Å². The Balaban J connectivity index is 2.54. The summed E-state index contributed by atoms with van der Waals surface area (Å²) in [5.41, 5.74) is 0. The maximum absolute atomic E-state index is 11.4. The van der Waals surface area contributed by atoms with E-state index >= 15 is 0 Å². The second-order valence-corrected chi connectivity index (χ2v) is 4.43. The molecule has 0 aliphatic rings. The Hall–Kier alpha value is -0.390. The van der Waals surface area contributed by atoms with E-state index in [4.69, 9.17) is 5.11 Å². The van der Waals surface area contributed by atoms with E-state index in [0.29, 0.717) is 4.88 Å². The van der Waals surface area contributed by atoms with Gasteiger partial charge in [0.15, 0.2) is 0 Å². The molecule has 1 aromatic rings. The van der Waals surface area contributed by atoms with Gasteiger partial charge < -0.3 is 10.4 Å². The van der Waals surface area contributed by atoms with Gasteiger partial charge in [0.1, 0.15) is 4.88 Å². The highest BCUT2D eigenvalue weighted by atomic mass is 79.9. The van der Waals surface area contributed by atoms with Crippen LogP contribution in [0.4, 0.5) is 0 Å². The number of aliphatic hydroxyl groups excluding tert-OH is 1. The molecule has 0 spiro atoms. The fourth-order valence-corrected chi connectivity index (χ4v) is 2.24. The minimum atomic E-state index is -0.511. The van der Waals surface area contributed by atoms with Crippen molar-refractivity contribution in [2.24, 2.45) is 0 Å². The first kappa shape index (κ1) is 10.7. The highest BCUT2D eigenvalue weighted by Crippen LogP contribution is 2.22. The van der Waals surface area contributed by atoms with E-state index < -0.39 is 6.10 Å². The average molecular weight is 264 g/mol. The van der Waals surface area contributed by atoms with Gasteiger partial charge in [0, 0.05) is 11.0 Å². The number of carbonyl (C=O) groups is 1. The molecule has 0 aliphatic carbocycles. The van der Waals surface area contributed by atoms with Gasteiger partial charge in [0.05, 0.1) is 6.10 Å². The number of thiophene rings is 1. The molecule has 1 heterocycles. The lowest BCUT2D eigenvalue weighted by molar-refractivity contribution is 0.0927. The molecule has 0 saturated carbocycles. The second kappa shape index (κ2) is 4.74. The predicted octanol–water partition coefficient (Wildman–Crippen LogP) is 1.62. The summed E-state index contributed by atoms with van der Waals surface area (Å²) >= 11 is 4.63. The summed E-state index contributed by atoms with van der Waals surface area (Å²) in [6.45, 7) is 1.91. The molecule has 0 bridgehead atoms. The van der Waals surface area contributed by atoms with Crippen molar-refractivity contribution in [3.8, 4) is 0 Å². The van der Waals surface area contributed by atoms with E-state index in [2.05, 4.69) is 21.2 Å². The third kappa shape index (κ3) is 3.10. The van der Waals surface area contributed by atoms with Crippen LogP contribution in [0.15, 0.2) is 15.9 Å². The normalized spacial score (nSPS) is 12.5. The number of amides is 1. The van der Waals surface area contributed by atoms with Gasteiger partial charge in [-0.1, -0.05) is 0 Å². The van der Waals surface area contributed by atoms with Crippen LogP contribution in [0.3, 0.4) is 0 Å². The fraction of sp³-hybridized carbons (Fsp3) is 0.375. The predicted molar refractivity (Wildman–Crippen MR) is 56.0 cm³/mol. The summed E-state index contributed by atoms with van der Waals surface area (Å²) in [6, 6.07) is 1.82. The van der Waals surface area contributed by atoms with E-state index in [0.717, 1.165) is 4.47 Å². The molecule has 1 unspecified atom stereocenters. The third-order valence-corrected chi connectivity index (χ3v) is 3.22. The van der Waals surface area contributed by atoms with Crippen LogP contribution in [-0.4, -0.2) is 23.7 Å². The number of hydrogen-bond acceptors (Lipinski definition) is 3. The highest BCUT2D eigenvalue weighted by Gasteiger charge is 2.11. The first-order valence-electron chi connectivity index (χ1n) is 3.80. The molecule has 2 N–H and O–H groups in total. The minimum Gasteiger partial charge on any atom is -0.392 e. The number of nitrogens with one attached hydrogen (secondary N) is 1. The molecule has 3 nitrogen and oxygen atoms in total. The molecule has 5 heteroatoms. The Morgan fingerprint density at radius 2 is 2.54 bits per heavy atom. The zero-order valence-electron chi connectivity index (χ0n) is 7.08. The van der Waals surface area contributed by atoms with Gasteiger partial charge in [-0.2, -0.15) is 0 Å². The molecule has 72 valence electrons. The molecule has 0 aliphatic heterocycles. The molecule has 1 aromatic heterocycles. The number of rotatable bonds is 3. The minimum absolute atomic E-state index is 0.150. The van der Waals surface area contributed by atoms with Crippen LogP contribution in [-0.2, 0) is 0 Å². The smallest absolute Gasteiger partial charge is 0.262 e. The van der Waals surface area contributed by atoms with Crippen molar-refractivity contribution >= 4 is 33.2 Å². The van der Waals surface area contributed by atoms with Crippen LogP contribution in [0, 0.1) is 0 Å². The molecule has 0 radical (unpaired) electrons. The Kier molecular flexibility index (Phi) is 3.90. The maximum Gasteiger partial charge on any atom is 0.262 e. The zero-order valence-corrected chi connectivity index (χ0v) is 9.48. The van der Waals surface area contributed by atoms with Crippen LogP contribution in [0.1, 0.15) is 16.6 Å². The van der Waals surface area contributed by atoms with E-state index in [1.807, 2.05) is 11.4 Å². The summed E-state index contributed by atoms with van der Waals surface area (Å²) in [5.74, 6) is -0.150. The van der Waals surface area contributed by atoms with Gasteiger partial charge in [0.25, 0.3) is 5.91 Å². The van der Waals surface area contributed by atoms with Crippen molar-refractivity contribution in [2.75, 3.05) is 6.54 Å². The summed E-state index contributed by atoms with van der Waals surface area (Å²) in [7, 11) is 0. The standard InChI is InChI=1S/C8H10BrNO2S/c1-5(11)4-10-8(12)7-6(9)2-3-13-7/h2-3,5,11H,4H2,1H3,(H,10,12). The molecular weight excluding hydrogens is 254 g/mol. The van der Waals surface area contributed by atoms with E-state index in [-0.39, 0.29) is 12.5 Å². The Morgan fingerprint density at radius 1 is 1.85 bits per heavy atom. The number of hydrogen-bond donors (Lipinski definition) is 2. The van der Waals surface area contributed by atoms with Crippen LogP contribution in [0.25, 0.3) is 0 Å². The van der Waals surface area contributed by atoms with Crippen LogP contribution < -0.4 is 5.32 Å². The Labute approximate surface area is 88.9 Å². The van der Waals surface area contributed by atoms with E-state index in [1.165, 1.54) is 11.3 Å². The second-order valence-electron chi connectivity index (χ2n) is 2.66. The molecular formula is C8H10BrNO2S. The lowest BCUT2D eigenvalue weighted by atomic mass is 10.4. The zero-order chi connectivity index (χ0) is 9.84. The molecule has 0 fully saturated rings. The van der Waals surface area contributed by atoms with Gasteiger partial charge in [-0.15, -0.1) is 11.3 Å². The van der Waals surface area contributed by atoms with Gasteiger partial charge in [-0.25, -0.2) is 0 Å². The Bertz CT molecular complexity index is 298. The largest absolute Gasteiger partial charge is 0.392 e. The van der Waals surface area contributed by atoms with Crippen molar-refractivity contribution < 1.29 is 9.90 Å². The molecule has 1 amide bonds. The number of aliphatic hydroxyl groups is 1. The third-order valence-electron chi connectivity index (χ3n) is 1.38. The van der Waals surface area contributed by atoms with Crippen molar-refractivity contribution in [3.05, 3.63) is 20.8 Å². The van der Waals surface area contributed by atoms with Crippen LogP contribution in [0.2, 0.25) is 0 Å². The quantitative estimate of drug-likeness (QED) is 0.871. The molecule has 1 atom stereocenters. The number of carbonyl (C=O) groups excluding carboxylic acids is 1. The monoisotopic (exact) mass is 263 g/mol. The van der Waals surface area contributed by atoms with Gasteiger partial charge in [-0.05, 0) is 34.3 Å². The molecule has 1 rings (SSSR count). The van der Waals surface area contributed by atoms with Crippen molar-refractivity contribution in [3.63, 3.8) is 0 Å². The lowest BCUT2D eigenvalue weighted by Gasteiger charge is -2.05. The number of halogens is 1. The topological polar surface area (TPSA) is 49.3 Å². The summed E-state index contributed by atoms with van der Waals surface area (Å²) in [4.78, 5) is 12.0. The summed E-state index contributed by atoms with van der Waals surface area (Å²) in [5, 5.41) is 13.4. The molecule has 0 aromatic carbocycles. The Morgan fingerprint density at radius 3 is 3.00 bits per heavy atom. The first-order chi connectivity index (χ1) is 6.11. The van der Waals surface area contributed by atoms with Crippen molar-refractivity contribution in [1.82, 2.24) is 5.32 Å². The van der Waals surface area contributed by atoms with Gasteiger partial charge in [0.2, 0.25) is 0 Å². The summed E-state index contributed by atoms with van der Waals surface area (Å²) < 4.78 is 0.792. The van der Waals surface area contributed by atoms with Crippen molar-refractivity contribution in [2.45, 2.75) is 13.0 Å². The van der Waals surface area contributed by atoms with E-state index in [9.17, 15) is 4.79 Å². The van der Waals surface area contributed by atoms with Crippen LogP contribution in [0.5, 0.6) is 0 Å². The average Bonchev–Trinajstić information content (AvgIpc) is 2.47. The van der Waals surface area contributed by atoms with Crippen LogP contribution >= 0.6 is 27.3 Å². The van der Waals surface area contributed by atoms with Gasteiger partial charge in [-0.3, -0.25) is 4.79 Å². The highest BCUT2D eigenvalue weighted by molar-refractivity contribution is 9.10. The fourth-order valence-electron chi connectivity index (χ4n) is 0.776. The summed E-state index contributed by atoms with van der Waals surface area (Å²) in [6.07, 6.45) is -0.511. The molecule has 13 heavy (non-hydrogen) atoms. The molecule has 0 saturated heterocycles. The van der Waals surface area contributed by atoms with Crippen molar-refractivity contribution in [1.29, 1.82) is 0 Å². The lowest BCUT2D eigenvalue weighted by Crippen LogP contribution is -2.30. The SMILES string of the molecule is CC(O)CNC(=O)c1sccc1Br. The first-order valence-corrected chi connectivity index (χ1v) is 5.47. The maximum atomic E-state index is 11.4.